The van der Waals surface area contributed by atoms with Crippen LogP contribution in [0.1, 0.15) is 9.88 Å². The van der Waals surface area contributed by atoms with E-state index in [4.69, 9.17) is 0 Å². The number of nitrogens with one attached hydrogen (secondary N) is 1. The number of thiazole rings is 1. The van der Waals surface area contributed by atoms with E-state index in [1.807, 2.05) is 0 Å². The van der Waals surface area contributed by atoms with Crippen molar-refractivity contribution in [1.82, 2.24) is 10.3 Å². The van der Waals surface area contributed by atoms with E-state index >= 15 is 0 Å². The van der Waals surface area contributed by atoms with Crippen molar-refractivity contribution in [3.63, 3.8) is 0 Å². The third-order valence-electron chi connectivity index (χ3n) is 1.44. The highest BCUT2D eigenvalue weighted by atomic mass is 32.1. The Kier molecular flexibility index (Phi) is 4.49. The summed E-state index contributed by atoms with van der Waals surface area (Å²) in [6, 6.07) is 0. The van der Waals surface area contributed by atoms with Gasteiger partial charge >= 0.3 is 6.18 Å². The molecule has 0 fully saturated rings. The van der Waals surface area contributed by atoms with Gasteiger partial charge in [-0.15, -0.1) is 11.3 Å². The van der Waals surface area contributed by atoms with Gasteiger partial charge in [0.25, 0.3) is 0 Å². The smallest absolute Gasteiger partial charge is 0.365 e. The Balaban J connectivity index is 2.31. The van der Waals surface area contributed by atoms with Gasteiger partial charge in [0.05, 0.1) is 6.61 Å². The molecule has 0 bridgehead atoms. The fraction of sp³-hybridized carbons (Fsp3) is 0.625. The minimum Gasteiger partial charge on any atom is -0.365 e. The summed E-state index contributed by atoms with van der Waals surface area (Å²) >= 11 is 1.34. The molecule has 1 aromatic heterocycles. The molecule has 0 aliphatic carbocycles. The van der Waals surface area contributed by atoms with Gasteiger partial charge in [-0.3, -0.25) is 0 Å². The lowest BCUT2D eigenvalue weighted by Gasteiger charge is -2.05. The molecule has 1 aromatic rings. The van der Waals surface area contributed by atoms with Crippen LogP contribution in [0.15, 0.2) is 6.20 Å². The first kappa shape index (κ1) is 12.4. The molecular formula is C8H11F3N2OS. The Hall–Kier alpha value is -0.660. The number of alkyl halides is 3. The Morgan fingerprint density at radius 1 is 1.53 bits per heavy atom. The zero-order valence-electron chi connectivity index (χ0n) is 8.10. The topological polar surface area (TPSA) is 34.2 Å². The second kappa shape index (κ2) is 5.43. The van der Waals surface area contributed by atoms with Gasteiger partial charge in [-0.2, -0.15) is 13.2 Å². The van der Waals surface area contributed by atoms with Gasteiger partial charge in [0, 0.05) is 17.6 Å². The summed E-state index contributed by atoms with van der Waals surface area (Å²) in [7, 11) is 1.79. The summed E-state index contributed by atoms with van der Waals surface area (Å²) in [5.41, 5.74) is 0. The average Bonchev–Trinajstić information content (AvgIpc) is 2.51. The lowest BCUT2D eigenvalue weighted by Crippen LogP contribution is -2.16. The predicted octanol–water partition coefficient (Wildman–Crippen LogP) is 1.94. The molecule has 0 unspecified atom stereocenters. The molecule has 0 saturated carbocycles. The fourth-order valence-electron chi connectivity index (χ4n) is 0.925. The van der Waals surface area contributed by atoms with Gasteiger partial charge in [-0.05, 0) is 7.05 Å². The second-order valence-electron chi connectivity index (χ2n) is 2.86. The highest BCUT2D eigenvalue weighted by Crippen LogP contribution is 2.17. The Morgan fingerprint density at radius 3 is 2.87 bits per heavy atom. The molecule has 1 heterocycles. The van der Waals surface area contributed by atoms with Crippen LogP contribution in [0.2, 0.25) is 0 Å². The summed E-state index contributed by atoms with van der Waals surface area (Å²) in [6.07, 6.45) is -2.64. The monoisotopic (exact) mass is 240 g/mol. The Morgan fingerprint density at radius 2 is 2.27 bits per heavy atom. The predicted molar refractivity (Wildman–Crippen MR) is 50.6 cm³/mol. The molecule has 86 valence electrons. The molecule has 0 atom stereocenters. The maximum atomic E-state index is 11.7. The van der Waals surface area contributed by atoms with Crippen LogP contribution in [0, 0.1) is 0 Å². The minimum absolute atomic E-state index is 0.0894. The van der Waals surface area contributed by atoms with Crippen molar-refractivity contribution in [2.45, 2.75) is 19.3 Å². The maximum Gasteiger partial charge on any atom is 0.411 e. The maximum absolute atomic E-state index is 11.7. The van der Waals surface area contributed by atoms with Crippen molar-refractivity contribution in [3.05, 3.63) is 16.1 Å². The van der Waals surface area contributed by atoms with E-state index in [1.165, 1.54) is 11.3 Å². The Labute approximate surface area is 89.3 Å². The van der Waals surface area contributed by atoms with E-state index in [0.29, 0.717) is 11.6 Å². The minimum atomic E-state index is -4.27. The van der Waals surface area contributed by atoms with Gasteiger partial charge in [0.1, 0.15) is 11.6 Å². The first-order valence-electron chi connectivity index (χ1n) is 4.24. The van der Waals surface area contributed by atoms with Gasteiger partial charge in [-0.1, -0.05) is 0 Å². The van der Waals surface area contributed by atoms with Gasteiger partial charge < -0.3 is 10.1 Å². The number of ether oxygens (including phenoxy) is 1. The highest BCUT2D eigenvalue weighted by Gasteiger charge is 2.27. The van der Waals surface area contributed by atoms with Crippen LogP contribution in [0.4, 0.5) is 13.2 Å². The molecule has 1 N–H and O–H groups in total. The number of rotatable bonds is 5. The van der Waals surface area contributed by atoms with Gasteiger partial charge in [0.2, 0.25) is 0 Å². The van der Waals surface area contributed by atoms with Crippen molar-refractivity contribution in [1.29, 1.82) is 0 Å². The average molecular weight is 240 g/mol. The number of nitrogens with zero attached hydrogens (tertiary/aromatic N) is 1. The first-order valence-corrected chi connectivity index (χ1v) is 5.05. The summed E-state index contributed by atoms with van der Waals surface area (Å²) in [5, 5.41) is 3.49. The van der Waals surface area contributed by atoms with Crippen molar-refractivity contribution >= 4 is 11.3 Å². The molecule has 0 aliphatic rings. The third-order valence-corrected chi connectivity index (χ3v) is 2.41. The van der Waals surface area contributed by atoms with Crippen LogP contribution in [-0.4, -0.2) is 24.8 Å². The van der Waals surface area contributed by atoms with Crippen LogP contribution in [-0.2, 0) is 17.9 Å². The lowest BCUT2D eigenvalue weighted by molar-refractivity contribution is -0.176. The van der Waals surface area contributed by atoms with E-state index in [0.717, 1.165) is 4.88 Å². The largest absolute Gasteiger partial charge is 0.411 e. The Bertz CT molecular complexity index is 300. The molecule has 1 rings (SSSR count). The van der Waals surface area contributed by atoms with Gasteiger partial charge in [0.15, 0.2) is 0 Å². The molecule has 3 nitrogen and oxygen atoms in total. The lowest BCUT2D eigenvalue weighted by atomic mass is 10.5. The number of halogens is 3. The zero-order valence-corrected chi connectivity index (χ0v) is 8.91. The number of aromatic nitrogens is 1. The zero-order chi connectivity index (χ0) is 11.3. The summed E-state index contributed by atoms with van der Waals surface area (Å²) in [6.45, 7) is -0.654. The number of hydrogen-bond acceptors (Lipinski definition) is 4. The van der Waals surface area contributed by atoms with E-state index in [1.54, 1.807) is 13.2 Å². The van der Waals surface area contributed by atoms with Crippen LogP contribution in [0.25, 0.3) is 0 Å². The molecule has 0 amide bonds. The normalized spacial score (nSPS) is 12.0. The second-order valence-corrected chi connectivity index (χ2v) is 4.06. The standard InChI is InChI=1S/C8H11F3N2OS/c1-12-2-6-3-13-7(15-6)4-14-5-8(9,10)11/h3,12H,2,4-5H2,1H3. The third kappa shape index (κ3) is 5.10. The van der Waals surface area contributed by atoms with E-state index < -0.39 is 12.8 Å². The van der Waals surface area contributed by atoms with Crippen LogP contribution in [0.5, 0.6) is 0 Å². The SMILES string of the molecule is CNCc1cnc(COCC(F)(F)F)s1. The summed E-state index contributed by atoms with van der Waals surface area (Å²) < 4.78 is 39.7. The molecule has 7 heteroatoms. The van der Waals surface area contributed by atoms with E-state index in [2.05, 4.69) is 15.0 Å². The summed E-state index contributed by atoms with van der Waals surface area (Å²) in [4.78, 5) is 4.92. The fourth-order valence-corrected chi connectivity index (χ4v) is 1.80. The molecular weight excluding hydrogens is 229 g/mol. The molecule has 15 heavy (non-hydrogen) atoms. The molecule has 0 aliphatic heterocycles. The first-order chi connectivity index (χ1) is 7.01. The quantitative estimate of drug-likeness (QED) is 0.854. The van der Waals surface area contributed by atoms with Crippen molar-refractivity contribution < 1.29 is 17.9 Å². The summed E-state index contributed by atoms with van der Waals surface area (Å²) in [5.74, 6) is 0. The van der Waals surface area contributed by atoms with Crippen molar-refractivity contribution in [3.8, 4) is 0 Å². The van der Waals surface area contributed by atoms with Crippen LogP contribution < -0.4 is 5.32 Å². The van der Waals surface area contributed by atoms with Crippen molar-refractivity contribution in [2.75, 3.05) is 13.7 Å². The molecule has 0 radical (unpaired) electrons. The highest BCUT2D eigenvalue weighted by molar-refractivity contribution is 7.11. The van der Waals surface area contributed by atoms with Crippen LogP contribution in [0.3, 0.4) is 0 Å². The van der Waals surface area contributed by atoms with Crippen molar-refractivity contribution in [2.24, 2.45) is 0 Å². The molecule has 0 spiro atoms. The van der Waals surface area contributed by atoms with E-state index in [-0.39, 0.29) is 6.61 Å². The van der Waals surface area contributed by atoms with E-state index in [9.17, 15) is 13.2 Å². The molecule has 0 saturated heterocycles. The number of hydrogen-bond donors (Lipinski definition) is 1. The molecule has 0 aromatic carbocycles. The van der Waals surface area contributed by atoms with Crippen LogP contribution >= 0.6 is 11.3 Å². The van der Waals surface area contributed by atoms with Gasteiger partial charge in [-0.25, -0.2) is 4.98 Å².